The Morgan fingerprint density at radius 3 is 3.00 bits per heavy atom. The van der Waals surface area contributed by atoms with Crippen LogP contribution in [0.25, 0.3) is 0 Å². The van der Waals surface area contributed by atoms with Gasteiger partial charge in [-0.05, 0) is 31.5 Å². The fourth-order valence-electron chi connectivity index (χ4n) is 4.35. The predicted molar refractivity (Wildman–Crippen MR) is 86.1 cm³/mol. The Bertz CT molecular complexity index is 522. The van der Waals surface area contributed by atoms with Crippen LogP contribution < -0.4 is 5.32 Å². The van der Waals surface area contributed by atoms with Gasteiger partial charge in [-0.3, -0.25) is 0 Å². The molecule has 0 fully saturated rings. The lowest BCUT2D eigenvalue weighted by atomic mass is 9.64. The smallest absolute Gasteiger partial charge is 0.161 e. The van der Waals surface area contributed by atoms with E-state index in [4.69, 9.17) is 9.47 Å². The molecular weight excluding hydrogens is 278 g/mol. The van der Waals surface area contributed by atoms with Gasteiger partial charge in [0.1, 0.15) is 6.10 Å². The number of allylic oxidation sites excluding steroid dienone is 1. The summed E-state index contributed by atoms with van der Waals surface area (Å²) in [6.45, 7) is 3.15. The van der Waals surface area contributed by atoms with Crippen LogP contribution in [0.3, 0.4) is 0 Å². The van der Waals surface area contributed by atoms with Gasteiger partial charge in [0.25, 0.3) is 0 Å². The van der Waals surface area contributed by atoms with Gasteiger partial charge in [0.15, 0.2) is 11.5 Å². The highest BCUT2D eigenvalue weighted by molar-refractivity contribution is 5.45. The van der Waals surface area contributed by atoms with Gasteiger partial charge in [0.2, 0.25) is 0 Å². The van der Waals surface area contributed by atoms with E-state index in [-0.39, 0.29) is 11.5 Å². The van der Waals surface area contributed by atoms with Gasteiger partial charge in [-0.2, -0.15) is 0 Å². The molecule has 1 heterocycles. The first-order valence-corrected chi connectivity index (χ1v) is 8.34. The summed E-state index contributed by atoms with van der Waals surface area (Å²) in [5, 5.41) is 13.3. The Labute approximate surface area is 132 Å². The van der Waals surface area contributed by atoms with Gasteiger partial charge in [-0.1, -0.05) is 25.5 Å². The van der Waals surface area contributed by atoms with Crippen molar-refractivity contribution in [2.45, 2.75) is 44.8 Å². The zero-order valence-electron chi connectivity index (χ0n) is 13.8. The number of methoxy groups -OCH3 is 1. The summed E-state index contributed by atoms with van der Waals surface area (Å²) in [4.78, 5) is 0. The van der Waals surface area contributed by atoms with Gasteiger partial charge in [0.05, 0.1) is 18.6 Å². The number of hydrogen-bond donors (Lipinski definition) is 2. The third-order valence-electron chi connectivity index (χ3n) is 5.21. The van der Waals surface area contributed by atoms with E-state index in [1.165, 1.54) is 5.57 Å². The van der Waals surface area contributed by atoms with Crippen LogP contribution in [0.4, 0.5) is 0 Å². The second-order valence-electron chi connectivity index (χ2n) is 6.56. The van der Waals surface area contributed by atoms with E-state index in [0.717, 1.165) is 37.3 Å². The monoisotopic (exact) mass is 305 g/mol. The van der Waals surface area contributed by atoms with Crippen molar-refractivity contribution < 1.29 is 14.6 Å². The summed E-state index contributed by atoms with van der Waals surface area (Å²) in [6, 6.07) is 0. The topological polar surface area (TPSA) is 50.7 Å². The van der Waals surface area contributed by atoms with E-state index in [1.807, 2.05) is 13.1 Å². The number of aliphatic hydroxyl groups is 1. The maximum atomic E-state index is 10.0. The Hall–Kier alpha value is -1.26. The lowest BCUT2D eigenvalue weighted by molar-refractivity contribution is 0.0240. The molecule has 0 bridgehead atoms. The molecule has 4 heteroatoms. The van der Waals surface area contributed by atoms with Crippen molar-refractivity contribution in [1.29, 1.82) is 0 Å². The maximum Gasteiger partial charge on any atom is 0.161 e. The van der Waals surface area contributed by atoms with E-state index in [0.29, 0.717) is 12.3 Å². The number of hydrogen-bond acceptors (Lipinski definition) is 4. The molecular formula is C18H27NO3. The molecule has 4 atom stereocenters. The highest BCUT2D eigenvalue weighted by atomic mass is 16.5. The molecule has 22 heavy (non-hydrogen) atoms. The van der Waals surface area contributed by atoms with Crippen LogP contribution >= 0.6 is 0 Å². The minimum absolute atomic E-state index is 0.0217. The Morgan fingerprint density at radius 2 is 2.32 bits per heavy atom. The summed E-state index contributed by atoms with van der Waals surface area (Å²) in [6.07, 6.45) is 9.69. The minimum atomic E-state index is -0.408. The van der Waals surface area contributed by atoms with Gasteiger partial charge in [-0.15, -0.1) is 0 Å². The maximum absolute atomic E-state index is 10.0. The lowest BCUT2D eigenvalue weighted by Crippen LogP contribution is -2.40. The van der Waals surface area contributed by atoms with Crippen molar-refractivity contribution in [2.24, 2.45) is 11.3 Å². The molecule has 0 aromatic heterocycles. The third-order valence-corrected chi connectivity index (χ3v) is 5.21. The average Bonchev–Trinajstić information content (AvgIpc) is 2.83. The summed E-state index contributed by atoms with van der Waals surface area (Å²) in [5.41, 5.74) is 1.29. The average molecular weight is 305 g/mol. The molecule has 4 nitrogen and oxygen atoms in total. The number of aliphatic hydroxyl groups excluding tert-OH is 1. The molecule has 0 radical (unpaired) electrons. The van der Waals surface area contributed by atoms with E-state index in [9.17, 15) is 5.11 Å². The minimum Gasteiger partial charge on any atom is -0.493 e. The second-order valence-corrected chi connectivity index (χ2v) is 6.56. The Kier molecular flexibility index (Phi) is 4.33. The molecule has 3 rings (SSSR count). The van der Waals surface area contributed by atoms with Crippen LogP contribution in [0.5, 0.6) is 0 Å². The van der Waals surface area contributed by atoms with Crippen LogP contribution in [0.1, 0.15) is 32.6 Å². The molecule has 0 saturated carbocycles. The Balaban J connectivity index is 2.07. The number of nitrogens with one attached hydrogen (secondary N) is 1. The summed E-state index contributed by atoms with van der Waals surface area (Å²) in [7, 11) is 3.70. The molecule has 3 aliphatic rings. The Morgan fingerprint density at radius 1 is 1.50 bits per heavy atom. The van der Waals surface area contributed by atoms with Crippen molar-refractivity contribution in [1.82, 2.24) is 5.32 Å². The van der Waals surface area contributed by atoms with Gasteiger partial charge < -0.3 is 19.9 Å². The first-order valence-electron chi connectivity index (χ1n) is 8.34. The second kappa shape index (κ2) is 6.09. The molecule has 0 aromatic rings. The van der Waals surface area contributed by atoms with Crippen LogP contribution in [-0.2, 0) is 9.47 Å². The quantitative estimate of drug-likeness (QED) is 0.766. The van der Waals surface area contributed by atoms with Crippen LogP contribution in [0.2, 0.25) is 0 Å². The van der Waals surface area contributed by atoms with Crippen molar-refractivity contribution in [3.8, 4) is 0 Å². The highest BCUT2D eigenvalue weighted by Crippen LogP contribution is 2.56. The molecule has 2 aliphatic carbocycles. The van der Waals surface area contributed by atoms with E-state index >= 15 is 0 Å². The van der Waals surface area contributed by atoms with Crippen LogP contribution in [0.15, 0.2) is 35.3 Å². The van der Waals surface area contributed by atoms with Crippen molar-refractivity contribution in [3.63, 3.8) is 0 Å². The van der Waals surface area contributed by atoms with E-state index in [2.05, 4.69) is 24.4 Å². The fourth-order valence-corrected chi connectivity index (χ4v) is 4.35. The summed E-state index contributed by atoms with van der Waals surface area (Å²) >= 11 is 0. The van der Waals surface area contributed by atoms with Crippen molar-refractivity contribution >= 4 is 0 Å². The van der Waals surface area contributed by atoms with Gasteiger partial charge >= 0.3 is 0 Å². The normalized spacial score (nSPS) is 36.5. The molecule has 0 saturated heterocycles. The SMILES string of the molecule is CCCC12C=CC(O)CC1OC1=C2C(CNC)CC=C1OC. The number of rotatable bonds is 5. The summed E-state index contributed by atoms with van der Waals surface area (Å²) < 4.78 is 11.9. The largest absolute Gasteiger partial charge is 0.493 e. The highest BCUT2D eigenvalue weighted by Gasteiger charge is 2.53. The molecule has 0 aromatic carbocycles. The molecule has 0 amide bonds. The van der Waals surface area contributed by atoms with E-state index < -0.39 is 6.10 Å². The predicted octanol–water partition coefficient (Wildman–Crippen LogP) is 2.52. The van der Waals surface area contributed by atoms with Gasteiger partial charge in [0, 0.05) is 18.9 Å². The molecule has 2 N–H and O–H groups in total. The zero-order chi connectivity index (χ0) is 15.7. The number of fused-ring (bicyclic) bond motifs is 2. The first kappa shape index (κ1) is 15.6. The third kappa shape index (κ3) is 2.29. The van der Waals surface area contributed by atoms with E-state index in [1.54, 1.807) is 7.11 Å². The molecule has 122 valence electrons. The molecule has 4 unspecified atom stereocenters. The standard InChI is InChI=1S/C18H27NO3/c1-4-8-18-9-7-13(20)10-15(18)22-17-14(21-3)6-5-12(11-19-2)16(17)18/h6-7,9,12-13,15,19-20H,4-5,8,10-11H2,1-3H3. The van der Waals surface area contributed by atoms with Crippen LogP contribution in [0, 0.1) is 11.3 Å². The number of ether oxygens (including phenoxy) is 2. The zero-order valence-corrected chi connectivity index (χ0v) is 13.8. The van der Waals surface area contributed by atoms with Crippen LogP contribution in [-0.4, -0.2) is 38.0 Å². The van der Waals surface area contributed by atoms with Crippen molar-refractivity contribution in [2.75, 3.05) is 20.7 Å². The van der Waals surface area contributed by atoms with Crippen molar-refractivity contribution in [3.05, 3.63) is 35.3 Å². The molecule has 1 aliphatic heterocycles. The lowest BCUT2D eigenvalue weighted by Gasteiger charge is -2.39. The molecule has 0 spiro atoms. The summed E-state index contributed by atoms with van der Waals surface area (Å²) in [5.74, 6) is 2.21. The fraction of sp³-hybridized carbons (Fsp3) is 0.667. The first-order chi connectivity index (χ1) is 10.7. The van der Waals surface area contributed by atoms with Gasteiger partial charge in [-0.25, -0.2) is 0 Å².